The van der Waals surface area contributed by atoms with Crippen molar-refractivity contribution in [2.75, 3.05) is 12.3 Å². The SMILES string of the molecule is CCCNCc1ccccc1SCC1CCCC1. The van der Waals surface area contributed by atoms with Gasteiger partial charge in [0.2, 0.25) is 0 Å². The number of hydrogen-bond acceptors (Lipinski definition) is 2. The highest BCUT2D eigenvalue weighted by Gasteiger charge is 2.15. The lowest BCUT2D eigenvalue weighted by Gasteiger charge is -2.12. The standard InChI is InChI=1S/C16H25NS/c1-2-11-17-12-15-9-5-6-10-16(15)18-13-14-7-3-4-8-14/h5-6,9-10,14,17H,2-4,7-8,11-13H2,1H3. The Hall–Kier alpha value is -0.470. The summed E-state index contributed by atoms with van der Waals surface area (Å²) in [5.41, 5.74) is 1.47. The summed E-state index contributed by atoms with van der Waals surface area (Å²) in [5, 5.41) is 3.51. The fourth-order valence-electron chi connectivity index (χ4n) is 2.58. The smallest absolute Gasteiger partial charge is 0.0216 e. The van der Waals surface area contributed by atoms with Crippen LogP contribution >= 0.6 is 11.8 Å². The van der Waals surface area contributed by atoms with Crippen molar-refractivity contribution in [3.8, 4) is 0 Å². The van der Waals surface area contributed by atoms with Crippen LogP contribution in [0.5, 0.6) is 0 Å². The molecule has 2 rings (SSSR count). The van der Waals surface area contributed by atoms with Gasteiger partial charge in [-0.05, 0) is 43.4 Å². The molecular formula is C16H25NS. The van der Waals surface area contributed by atoms with Gasteiger partial charge in [-0.3, -0.25) is 0 Å². The first kappa shape index (κ1) is 14.0. The van der Waals surface area contributed by atoms with Gasteiger partial charge in [0.15, 0.2) is 0 Å². The Balaban J connectivity index is 1.85. The third kappa shape index (κ3) is 4.33. The molecule has 18 heavy (non-hydrogen) atoms. The van der Waals surface area contributed by atoms with Crippen LogP contribution in [0.4, 0.5) is 0 Å². The van der Waals surface area contributed by atoms with Crippen LogP contribution in [-0.2, 0) is 6.54 Å². The number of thioether (sulfide) groups is 1. The molecule has 0 radical (unpaired) electrons. The molecule has 1 aliphatic carbocycles. The van der Waals surface area contributed by atoms with Gasteiger partial charge in [-0.25, -0.2) is 0 Å². The summed E-state index contributed by atoms with van der Waals surface area (Å²) in [6, 6.07) is 8.87. The largest absolute Gasteiger partial charge is 0.313 e. The van der Waals surface area contributed by atoms with Crippen molar-refractivity contribution in [1.82, 2.24) is 5.32 Å². The lowest BCUT2D eigenvalue weighted by Crippen LogP contribution is -2.14. The minimum atomic E-state index is 0.964. The third-order valence-electron chi connectivity index (χ3n) is 3.66. The Morgan fingerprint density at radius 1 is 1.22 bits per heavy atom. The average Bonchev–Trinajstić information content (AvgIpc) is 2.91. The quantitative estimate of drug-likeness (QED) is 0.575. The molecule has 0 spiro atoms. The summed E-state index contributed by atoms with van der Waals surface area (Å²) in [5.74, 6) is 2.27. The second kappa shape index (κ2) is 7.85. The Kier molecular flexibility index (Phi) is 6.09. The predicted molar refractivity (Wildman–Crippen MR) is 81.1 cm³/mol. The molecular weight excluding hydrogens is 238 g/mol. The molecule has 1 aromatic rings. The number of rotatable bonds is 7. The van der Waals surface area contributed by atoms with Crippen LogP contribution < -0.4 is 5.32 Å². The van der Waals surface area contributed by atoms with E-state index in [4.69, 9.17) is 0 Å². The fraction of sp³-hybridized carbons (Fsp3) is 0.625. The van der Waals surface area contributed by atoms with Crippen LogP contribution in [0, 0.1) is 5.92 Å². The molecule has 0 saturated heterocycles. The molecule has 0 heterocycles. The molecule has 0 bridgehead atoms. The van der Waals surface area contributed by atoms with E-state index in [0.717, 1.165) is 19.0 Å². The third-order valence-corrected chi connectivity index (χ3v) is 5.01. The molecule has 1 aliphatic rings. The lowest BCUT2D eigenvalue weighted by atomic mass is 10.1. The normalized spacial score (nSPS) is 16.3. The maximum absolute atomic E-state index is 3.51. The lowest BCUT2D eigenvalue weighted by molar-refractivity contribution is 0.622. The van der Waals surface area contributed by atoms with Gasteiger partial charge in [-0.1, -0.05) is 38.0 Å². The molecule has 0 aromatic heterocycles. The summed E-state index contributed by atoms with van der Waals surface area (Å²) in [6.07, 6.45) is 7.00. The molecule has 1 nitrogen and oxygen atoms in total. The zero-order chi connectivity index (χ0) is 12.6. The van der Waals surface area contributed by atoms with Gasteiger partial charge in [-0.2, -0.15) is 0 Å². The zero-order valence-electron chi connectivity index (χ0n) is 11.5. The van der Waals surface area contributed by atoms with Crippen LogP contribution in [0.2, 0.25) is 0 Å². The maximum Gasteiger partial charge on any atom is 0.0216 e. The zero-order valence-corrected chi connectivity index (χ0v) is 12.3. The molecule has 100 valence electrons. The number of benzene rings is 1. The first-order chi connectivity index (χ1) is 8.90. The Morgan fingerprint density at radius 2 is 2.00 bits per heavy atom. The molecule has 1 fully saturated rings. The molecule has 0 unspecified atom stereocenters. The topological polar surface area (TPSA) is 12.0 Å². The van der Waals surface area contributed by atoms with Crippen molar-refractivity contribution in [3.05, 3.63) is 29.8 Å². The maximum atomic E-state index is 3.51. The second-order valence-corrected chi connectivity index (χ2v) is 6.31. The highest BCUT2D eigenvalue weighted by Crippen LogP contribution is 2.32. The van der Waals surface area contributed by atoms with Gasteiger partial charge in [0.05, 0.1) is 0 Å². The molecule has 0 aliphatic heterocycles. The molecule has 0 atom stereocenters. The van der Waals surface area contributed by atoms with Gasteiger partial charge >= 0.3 is 0 Å². The van der Waals surface area contributed by atoms with E-state index in [9.17, 15) is 0 Å². The van der Waals surface area contributed by atoms with Crippen LogP contribution in [0.3, 0.4) is 0 Å². The summed E-state index contributed by atoms with van der Waals surface area (Å²) >= 11 is 2.06. The van der Waals surface area contributed by atoms with Gasteiger partial charge < -0.3 is 5.32 Å². The van der Waals surface area contributed by atoms with Crippen molar-refractivity contribution in [3.63, 3.8) is 0 Å². The van der Waals surface area contributed by atoms with E-state index in [2.05, 4.69) is 48.3 Å². The van der Waals surface area contributed by atoms with Gasteiger partial charge in [0.25, 0.3) is 0 Å². The van der Waals surface area contributed by atoms with E-state index < -0.39 is 0 Å². The predicted octanol–water partition coefficient (Wildman–Crippen LogP) is 4.47. The van der Waals surface area contributed by atoms with Crippen molar-refractivity contribution in [2.45, 2.75) is 50.5 Å². The van der Waals surface area contributed by atoms with Crippen LogP contribution in [-0.4, -0.2) is 12.3 Å². The molecule has 1 saturated carbocycles. The monoisotopic (exact) mass is 263 g/mol. The summed E-state index contributed by atoms with van der Waals surface area (Å²) in [6.45, 7) is 4.34. The van der Waals surface area contributed by atoms with E-state index in [-0.39, 0.29) is 0 Å². The molecule has 1 aromatic carbocycles. The van der Waals surface area contributed by atoms with Gasteiger partial charge in [0.1, 0.15) is 0 Å². The van der Waals surface area contributed by atoms with Crippen molar-refractivity contribution < 1.29 is 0 Å². The van der Waals surface area contributed by atoms with E-state index in [1.54, 1.807) is 0 Å². The summed E-state index contributed by atoms with van der Waals surface area (Å²) < 4.78 is 0. The van der Waals surface area contributed by atoms with E-state index in [1.165, 1.54) is 48.3 Å². The number of nitrogens with one attached hydrogen (secondary N) is 1. The minimum absolute atomic E-state index is 0.964. The van der Waals surface area contributed by atoms with E-state index >= 15 is 0 Å². The molecule has 1 N–H and O–H groups in total. The van der Waals surface area contributed by atoms with Crippen LogP contribution in [0.15, 0.2) is 29.2 Å². The van der Waals surface area contributed by atoms with Crippen LogP contribution in [0.25, 0.3) is 0 Å². The summed E-state index contributed by atoms with van der Waals surface area (Å²) in [4.78, 5) is 1.48. The van der Waals surface area contributed by atoms with Crippen molar-refractivity contribution >= 4 is 11.8 Å². The minimum Gasteiger partial charge on any atom is -0.313 e. The second-order valence-electron chi connectivity index (χ2n) is 5.25. The number of hydrogen-bond donors (Lipinski definition) is 1. The molecule has 2 heteroatoms. The first-order valence-corrected chi connectivity index (χ1v) is 8.30. The van der Waals surface area contributed by atoms with E-state index in [0.29, 0.717) is 0 Å². The first-order valence-electron chi connectivity index (χ1n) is 7.31. The van der Waals surface area contributed by atoms with Crippen molar-refractivity contribution in [1.29, 1.82) is 0 Å². The Labute approximate surface area is 116 Å². The van der Waals surface area contributed by atoms with Gasteiger partial charge in [0, 0.05) is 17.2 Å². The Bertz CT molecular complexity index is 345. The Morgan fingerprint density at radius 3 is 2.78 bits per heavy atom. The van der Waals surface area contributed by atoms with Gasteiger partial charge in [-0.15, -0.1) is 11.8 Å². The average molecular weight is 263 g/mol. The van der Waals surface area contributed by atoms with Crippen LogP contribution in [0.1, 0.15) is 44.6 Å². The molecule has 0 amide bonds. The highest BCUT2D eigenvalue weighted by atomic mass is 32.2. The fourth-order valence-corrected chi connectivity index (χ4v) is 3.82. The van der Waals surface area contributed by atoms with Crippen molar-refractivity contribution in [2.24, 2.45) is 5.92 Å². The summed E-state index contributed by atoms with van der Waals surface area (Å²) in [7, 11) is 0. The van der Waals surface area contributed by atoms with E-state index in [1.807, 2.05) is 0 Å². The highest BCUT2D eigenvalue weighted by molar-refractivity contribution is 7.99.